The molecular weight excluding hydrogens is 320 g/mol. The summed E-state index contributed by atoms with van der Waals surface area (Å²) in [6, 6.07) is 12.0. The van der Waals surface area contributed by atoms with Gasteiger partial charge in [0.15, 0.2) is 5.82 Å². The zero-order valence-electron chi connectivity index (χ0n) is 13.6. The van der Waals surface area contributed by atoms with E-state index in [4.69, 9.17) is 9.78 Å². The van der Waals surface area contributed by atoms with Crippen LogP contribution in [-0.2, 0) is 0 Å². The number of nitrogens with one attached hydrogen (secondary N) is 2. The molecule has 0 aliphatic heterocycles. The minimum Gasteiger partial charge on any atom is -0.360 e. The first kappa shape index (κ1) is 16.1. The molecule has 0 saturated carbocycles. The van der Waals surface area contributed by atoms with E-state index in [9.17, 15) is 4.79 Å². The lowest BCUT2D eigenvalue weighted by molar-refractivity contribution is 0.102. The summed E-state index contributed by atoms with van der Waals surface area (Å²) in [6.07, 6.45) is 0. The molecule has 8 heteroatoms. The quantitative estimate of drug-likeness (QED) is 0.753. The molecule has 1 amide bonds. The van der Waals surface area contributed by atoms with E-state index in [2.05, 4.69) is 25.8 Å². The highest BCUT2D eigenvalue weighted by atomic mass is 16.5. The van der Waals surface area contributed by atoms with E-state index < -0.39 is 5.91 Å². The summed E-state index contributed by atoms with van der Waals surface area (Å²) in [6.45, 7) is 3.52. The highest BCUT2D eigenvalue weighted by Gasteiger charge is 2.13. The fraction of sp³-hybridized carbons (Fsp3) is 0.118. The van der Waals surface area contributed by atoms with Gasteiger partial charge in [0, 0.05) is 11.8 Å². The van der Waals surface area contributed by atoms with Gasteiger partial charge in [-0.2, -0.15) is 5.26 Å². The van der Waals surface area contributed by atoms with Crippen LogP contribution in [-0.4, -0.2) is 21.0 Å². The van der Waals surface area contributed by atoms with Crippen molar-refractivity contribution in [3.05, 3.63) is 59.1 Å². The van der Waals surface area contributed by atoms with Crippen molar-refractivity contribution >= 4 is 23.4 Å². The molecule has 2 N–H and O–H groups in total. The SMILES string of the molecule is Cc1cc(C(=O)Nc2ccccc2C#N)nc(Nc2cc(C)on2)n1. The molecule has 1 aromatic carbocycles. The highest BCUT2D eigenvalue weighted by Crippen LogP contribution is 2.17. The number of aryl methyl sites for hydroxylation is 2. The topological polar surface area (TPSA) is 117 Å². The van der Waals surface area contributed by atoms with Gasteiger partial charge in [0.25, 0.3) is 5.91 Å². The lowest BCUT2D eigenvalue weighted by Crippen LogP contribution is -2.16. The normalized spacial score (nSPS) is 10.1. The molecule has 0 bridgehead atoms. The number of carbonyl (C=O) groups is 1. The van der Waals surface area contributed by atoms with Gasteiger partial charge in [-0.05, 0) is 32.0 Å². The van der Waals surface area contributed by atoms with Crippen molar-refractivity contribution in [2.24, 2.45) is 0 Å². The average Bonchev–Trinajstić information content (AvgIpc) is 2.99. The Kier molecular flexibility index (Phi) is 4.39. The highest BCUT2D eigenvalue weighted by molar-refractivity contribution is 6.03. The molecule has 2 aromatic heterocycles. The average molecular weight is 334 g/mol. The van der Waals surface area contributed by atoms with Gasteiger partial charge in [-0.15, -0.1) is 0 Å². The van der Waals surface area contributed by atoms with Crippen LogP contribution >= 0.6 is 0 Å². The van der Waals surface area contributed by atoms with Gasteiger partial charge in [-0.25, -0.2) is 9.97 Å². The van der Waals surface area contributed by atoms with Crippen molar-refractivity contribution in [2.45, 2.75) is 13.8 Å². The number of rotatable bonds is 4. The van der Waals surface area contributed by atoms with Gasteiger partial charge < -0.3 is 15.2 Å². The van der Waals surface area contributed by atoms with Gasteiger partial charge in [-0.1, -0.05) is 17.3 Å². The Morgan fingerprint density at radius 1 is 1.20 bits per heavy atom. The van der Waals surface area contributed by atoms with Gasteiger partial charge >= 0.3 is 0 Å². The zero-order chi connectivity index (χ0) is 17.8. The molecule has 124 valence electrons. The minimum absolute atomic E-state index is 0.169. The first-order valence-corrected chi connectivity index (χ1v) is 7.41. The number of anilines is 3. The van der Waals surface area contributed by atoms with E-state index >= 15 is 0 Å². The summed E-state index contributed by atoms with van der Waals surface area (Å²) in [5.74, 6) is 0.880. The Bertz CT molecular complexity index is 973. The van der Waals surface area contributed by atoms with Crippen molar-refractivity contribution < 1.29 is 9.32 Å². The smallest absolute Gasteiger partial charge is 0.274 e. The van der Waals surface area contributed by atoms with Gasteiger partial charge in [0.1, 0.15) is 17.5 Å². The van der Waals surface area contributed by atoms with Gasteiger partial charge in [0.05, 0.1) is 11.3 Å². The first-order chi connectivity index (χ1) is 12.0. The molecule has 0 radical (unpaired) electrons. The first-order valence-electron chi connectivity index (χ1n) is 7.41. The van der Waals surface area contributed by atoms with Crippen molar-refractivity contribution in [3.63, 3.8) is 0 Å². The second-order valence-electron chi connectivity index (χ2n) is 5.28. The third kappa shape index (κ3) is 3.79. The summed E-state index contributed by atoms with van der Waals surface area (Å²) >= 11 is 0. The number of nitrogens with zero attached hydrogens (tertiary/aromatic N) is 4. The fourth-order valence-electron chi connectivity index (χ4n) is 2.16. The van der Waals surface area contributed by atoms with Gasteiger partial charge in [0.2, 0.25) is 5.95 Å². The zero-order valence-corrected chi connectivity index (χ0v) is 13.6. The Balaban J connectivity index is 1.84. The number of benzene rings is 1. The molecule has 0 spiro atoms. The predicted octanol–water partition coefficient (Wildman–Crippen LogP) is 2.95. The minimum atomic E-state index is -0.437. The Hall–Kier alpha value is -3.73. The number of para-hydroxylation sites is 1. The third-order valence-corrected chi connectivity index (χ3v) is 3.25. The molecule has 2 heterocycles. The van der Waals surface area contributed by atoms with Crippen LogP contribution in [0.5, 0.6) is 0 Å². The maximum atomic E-state index is 12.5. The van der Waals surface area contributed by atoms with E-state index in [0.29, 0.717) is 28.5 Å². The molecule has 0 aliphatic rings. The number of hydrogen-bond acceptors (Lipinski definition) is 7. The van der Waals surface area contributed by atoms with Crippen LogP contribution in [0.2, 0.25) is 0 Å². The molecule has 0 unspecified atom stereocenters. The maximum absolute atomic E-state index is 12.5. The Morgan fingerprint density at radius 3 is 2.72 bits per heavy atom. The van der Waals surface area contributed by atoms with E-state index in [0.717, 1.165) is 0 Å². The lowest BCUT2D eigenvalue weighted by Gasteiger charge is -2.08. The molecule has 0 atom stereocenters. The van der Waals surface area contributed by atoms with Crippen LogP contribution in [0, 0.1) is 25.2 Å². The summed E-state index contributed by atoms with van der Waals surface area (Å²) in [5, 5.41) is 18.5. The van der Waals surface area contributed by atoms with Crippen LogP contribution in [0.4, 0.5) is 17.5 Å². The van der Waals surface area contributed by atoms with Crippen LogP contribution < -0.4 is 10.6 Å². The third-order valence-electron chi connectivity index (χ3n) is 3.25. The molecule has 0 aliphatic carbocycles. The summed E-state index contributed by atoms with van der Waals surface area (Å²) < 4.78 is 4.97. The predicted molar refractivity (Wildman–Crippen MR) is 90.4 cm³/mol. The second-order valence-corrected chi connectivity index (χ2v) is 5.28. The van der Waals surface area contributed by atoms with Crippen molar-refractivity contribution in [3.8, 4) is 6.07 Å². The molecule has 0 saturated heterocycles. The number of carbonyl (C=O) groups excluding carboxylic acids is 1. The van der Waals surface area contributed by atoms with E-state index in [1.54, 1.807) is 50.2 Å². The molecule has 3 aromatic rings. The number of nitriles is 1. The number of aromatic nitrogens is 3. The van der Waals surface area contributed by atoms with E-state index in [-0.39, 0.29) is 11.6 Å². The fourth-order valence-corrected chi connectivity index (χ4v) is 2.16. The van der Waals surface area contributed by atoms with Crippen molar-refractivity contribution in [1.82, 2.24) is 15.1 Å². The second kappa shape index (κ2) is 6.80. The molecule has 25 heavy (non-hydrogen) atoms. The van der Waals surface area contributed by atoms with Crippen molar-refractivity contribution in [2.75, 3.05) is 10.6 Å². The van der Waals surface area contributed by atoms with Crippen molar-refractivity contribution in [1.29, 1.82) is 5.26 Å². The summed E-state index contributed by atoms with van der Waals surface area (Å²) in [7, 11) is 0. The molecule has 3 rings (SSSR count). The Labute approximate surface area is 143 Å². The Morgan fingerprint density at radius 2 is 2.00 bits per heavy atom. The molecule has 8 nitrogen and oxygen atoms in total. The van der Waals surface area contributed by atoms with Crippen LogP contribution in [0.1, 0.15) is 27.5 Å². The standard InChI is InChI=1S/C17H14N6O2/c1-10-7-14(16(24)20-13-6-4-3-5-12(13)9-18)21-17(19-10)22-15-8-11(2)25-23-15/h3-8H,1-2H3,(H,20,24)(H,19,21,22,23). The molecule has 0 fully saturated rings. The summed E-state index contributed by atoms with van der Waals surface area (Å²) in [5.41, 5.74) is 1.57. The van der Waals surface area contributed by atoms with Crippen LogP contribution in [0.3, 0.4) is 0 Å². The largest absolute Gasteiger partial charge is 0.360 e. The van der Waals surface area contributed by atoms with Gasteiger partial charge in [-0.3, -0.25) is 4.79 Å². The van der Waals surface area contributed by atoms with Crippen LogP contribution in [0.25, 0.3) is 0 Å². The lowest BCUT2D eigenvalue weighted by atomic mass is 10.2. The van der Waals surface area contributed by atoms with Crippen LogP contribution in [0.15, 0.2) is 40.9 Å². The number of amides is 1. The van der Waals surface area contributed by atoms with E-state index in [1.807, 2.05) is 6.07 Å². The maximum Gasteiger partial charge on any atom is 0.274 e. The monoisotopic (exact) mass is 334 g/mol. The number of hydrogen-bond donors (Lipinski definition) is 2. The molecular formula is C17H14N6O2. The summed E-state index contributed by atoms with van der Waals surface area (Å²) in [4.78, 5) is 20.9. The van der Waals surface area contributed by atoms with E-state index in [1.165, 1.54) is 0 Å².